The number of ether oxygens (including phenoxy) is 1. The highest BCUT2D eigenvalue weighted by molar-refractivity contribution is 5.95. The fourth-order valence-corrected chi connectivity index (χ4v) is 2.46. The van der Waals surface area contributed by atoms with Crippen molar-refractivity contribution in [3.8, 4) is 0 Å². The zero-order valence-electron chi connectivity index (χ0n) is 10.5. The van der Waals surface area contributed by atoms with E-state index in [1.54, 1.807) is 6.07 Å². The third-order valence-electron chi connectivity index (χ3n) is 3.48. The van der Waals surface area contributed by atoms with Crippen LogP contribution in [-0.4, -0.2) is 12.5 Å². The van der Waals surface area contributed by atoms with Crippen LogP contribution in [0, 0.1) is 5.92 Å². The Balaban J connectivity index is 1.89. The number of rotatable bonds is 5. The number of benzene rings is 1. The molecule has 0 bridgehead atoms. The summed E-state index contributed by atoms with van der Waals surface area (Å²) in [6.45, 7) is 1.26. The predicted molar refractivity (Wildman–Crippen MR) is 69.7 cm³/mol. The number of nitrogens with two attached hydrogens (primary N) is 1. The lowest BCUT2D eigenvalue weighted by Gasteiger charge is -2.12. The second kappa shape index (κ2) is 6.52. The lowest BCUT2D eigenvalue weighted by Crippen LogP contribution is -2.30. The Morgan fingerprint density at radius 3 is 2.78 bits per heavy atom. The largest absolute Gasteiger partial charge is 0.376 e. The number of amides is 1. The molecule has 0 radical (unpaired) electrons. The lowest BCUT2D eigenvalue weighted by molar-refractivity contribution is 0.0856. The minimum Gasteiger partial charge on any atom is -0.376 e. The summed E-state index contributed by atoms with van der Waals surface area (Å²) >= 11 is 0. The molecular formula is C14H20N2O2. The second-order valence-electron chi connectivity index (χ2n) is 4.80. The molecule has 1 aliphatic carbocycles. The molecule has 2 rings (SSSR count). The van der Waals surface area contributed by atoms with Crippen LogP contribution in [-0.2, 0) is 11.3 Å². The molecule has 0 aromatic heterocycles. The van der Waals surface area contributed by atoms with Crippen LogP contribution < -0.4 is 11.3 Å². The summed E-state index contributed by atoms with van der Waals surface area (Å²) in [4.78, 5) is 11.6. The summed E-state index contributed by atoms with van der Waals surface area (Å²) in [7, 11) is 0. The van der Waals surface area contributed by atoms with Gasteiger partial charge in [0.05, 0.1) is 6.61 Å². The zero-order valence-corrected chi connectivity index (χ0v) is 10.5. The Kier molecular flexibility index (Phi) is 4.73. The first kappa shape index (κ1) is 13.1. The van der Waals surface area contributed by atoms with Gasteiger partial charge in [-0.15, -0.1) is 0 Å². The van der Waals surface area contributed by atoms with Crippen LogP contribution in [0.25, 0.3) is 0 Å². The molecule has 0 spiro atoms. The van der Waals surface area contributed by atoms with Gasteiger partial charge in [-0.3, -0.25) is 10.2 Å². The minimum atomic E-state index is -0.268. The highest BCUT2D eigenvalue weighted by atomic mass is 16.5. The van der Waals surface area contributed by atoms with Crippen LogP contribution in [0.4, 0.5) is 0 Å². The van der Waals surface area contributed by atoms with Gasteiger partial charge in [0.15, 0.2) is 0 Å². The van der Waals surface area contributed by atoms with Crippen LogP contribution in [0.1, 0.15) is 41.6 Å². The number of hydrogen-bond donors (Lipinski definition) is 2. The summed E-state index contributed by atoms with van der Waals surface area (Å²) in [6.07, 6.45) is 5.18. The van der Waals surface area contributed by atoms with Gasteiger partial charge in [-0.25, -0.2) is 5.84 Å². The summed E-state index contributed by atoms with van der Waals surface area (Å²) in [5, 5.41) is 0. The second-order valence-corrected chi connectivity index (χ2v) is 4.80. The number of nitrogen functional groups attached to an aromatic ring is 1. The first-order valence-electron chi connectivity index (χ1n) is 6.48. The average molecular weight is 248 g/mol. The van der Waals surface area contributed by atoms with Crippen molar-refractivity contribution in [2.75, 3.05) is 6.61 Å². The SMILES string of the molecule is NNC(=O)c1ccccc1COCC1CCCC1. The minimum absolute atomic E-state index is 0.268. The van der Waals surface area contributed by atoms with Gasteiger partial charge in [-0.05, 0) is 30.4 Å². The van der Waals surface area contributed by atoms with Gasteiger partial charge in [0.1, 0.15) is 0 Å². The topological polar surface area (TPSA) is 64.3 Å². The molecule has 0 aliphatic heterocycles. The van der Waals surface area contributed by atoms with Gasteiger partial charge in [-0.1, -0.05) is 31.0 Å². The zero-order chi connectivity index (χ0) is 12.8. The molecule has 0 atom stereocenters. The Hall–Kier alpha value is -1.39. The molecule has 1 aromatic carbocycles. The van der Waals surface area contributed by atoms with Crippen LogP contribution in [0.5, 0.6) is 0 Å². The Morgan fingerprint density at radius 2 is 2.06 bits per heavy atom. The van der Waals surface area contributed by atoms with E-state index in [-0.39, 0.29) is 5.91 Å². The first-order chi connectivity index (χ1) is 8.81. The molecule has 1 amide bonds. The molecule has 1 fully saturated rings. The Morgan fingerprint density at radius 1 is 1.33 bits per heavy atom. The number of carbonyl (C=O) groups excluding carboxylic acids is 1. The Labute approximate surface area is 107 Å². The van der Waals surface area contributed by atoms with E-state index in [9.17, 15) is 4.79 Å². The van der Waals surface area contributed by atoms with Crippen molar-refractivity contribution in [2.24, 2.45) is 11.8 Å². The monoisotopic (exact) mass is 248 g/mol. The molecule has 3 N–H and O–H groups in total. The maximum atomic E-state index is 11.6. The van der Waals surface area contributed by atoms with Crippen LogP contribution in [0.3, 0.4) is 0 Å². The van der Waals surface area contributed by atoms with E-state index in [1.165, 1.54) is 25.7 Å². The van der Waals surface area contributed by atoms with E-state index >= 15 is 0 Å². The number of nitrogens with one attached hydrogen (secondary N) is 1. The van der Waals surface area contributed by atoms with Crippen molar-refractivity contribution in [3.63, 3.8) is 0 Å². The number of carbonyl (C=O) groups is 1. The van der Waals surface area contributed by atoms with Crippen molar-refractivity contribution in [3.05, 3.63) is 35.4 Å². The highest BCUT2D eigenvalue weighted by Crippen LogP contribution is 2.25. The van der Waals surface area contributed by atoms with E-state index in [2.05, 4.69) is 5.43 Å². The molecule has 1 saturated carbocycles. The molecule has 4 heteroatoms. The maximum Gasteiger partial charge on any atom is 0.265 e. The van der Waals surface area contributed by atoms with Gasteiger partial charge >= 0.3 is 0 Å². The standard InChI is InChI=1S/C14H20N2O2/c15-16-14(17)13-8-4-3-7-12(13)10-18-9-11-5-1-2-6-11/h3-4,7-8,11H,1-2,5-6,9-10,15H2,(H,16,17). The van der Waals surface area contributed by atoms with Gasteiger partial charge in [0.25, 0.3) is 5.91 Å². The normalized spacial score (nSPS) is 15.8. The smallest absolute Gasteiger partial charge is 0.265 e. The summed E-state index contributed by atoms with van der Waals surface area (Å²) in [5.41, 5.74) is 3.64. The van der Waals surface area contributed by atoms with Gasteiger partial charge in [0.2, 0.25) is 0 Å². The van der Waals surface area contributed by atoms with Crippen molar-refractivity contribution in [1.29, 1.82) is 0 Å². The van der Waals surface area contributed by atoms with Gasteiger partial charge < -0.3 is 4.74 Å². The van der Waals surface area contributed by atoms with Crippen LogP contribution >= 0.6 is 0 Å². The first-order valence-corrected chi connectivity index (χ1v) is 6.48. The van der Waals surface area contributed by atoms with Crippen molar-refractivity contribution in [2.45, 2.75) is 32.3 Å². The quantitative estimate of drug-likeness (QED) is 0.476. The Bertz CT molecular complexity index is 401. The van der Waals surface area contributed by atoms with Crippen LogP contribution in [0.2, 0.25) is 0 Å². The predicted octanol–water partition coefficient (Wildman–Crippen LogP) is 2.00. The van der Waals surface area contributed by atoms with Gasteiger partial charge in [-0.2, -0.15) is 0 Å². The maximum absolute atomic E-state index is 11.6. The number of hydrogen-bond acceptors (Lipinski definition) is 3. The van der Waals surface area contributed by atoms with Crippen molar-refractivity contribution in [1.82, 2.24) is 5.43 Å². The molecular weight excluding hydrogens is 228 g/mol. The molecule has 0 heterocycles. The number of hydrazine groups is 1. The molecule has 0 unspecified atom stereocenters. The summed E-state index contributed by atoms with van der Waals surface area (Å²) in [5.74, 6) is 5.59. The molecule has 1 aliphatic rings. The lowest BCUT2D eigenvalue weighted by atomic mass is 10.1. The average Bonchev–Trinajstić information content (AvgIpc) is 2.92. The third kappa shape index (κ3) is 3.31. The van der Waals surface area contributed by atoms with E-state index in [0.29, 0.717) is 18.1 Å². The molecule has 1 aromatic rings. The van der Waals surface area contributed by atoms with Crippen molar-refractivity contribution < 1.29 is 9.53 Å². The summed E-state index contributed by atoms with van der Waals surface area (Å²) in [6, 6.07) is 7.39. The van der Waals surface area contributed by atoms with Crippen molar-refractivity contribution >= 4 is 5.91 Å². The third-order valence-corrected chi connectivity index (χ3v) is 3.48. The molecule has 0 saturated heterocycles. The molecule has 18 heavy (non-hydrogen) atoms. The van der Waals surface area contributed by atoms with Crippen LogP contribution in [0.15, 0.2) is 24.3 Å². The van der Waals surface area contributed by atoms with E-state index in [0.717, 1.165) is 12.2 Å². The molecule has 98 valence electrons. The highest BCUT2D eigenvalue weighted by Gasteiger charge is 2.15. The van der Waals surface area contributed by atoms with Gasteiger partial charge in [0, 0.05) is 12.2 Å². The summed E-state index contributed by atoms with van der Waals surface area (Å²) < 4.78 is 5.72. The van der Waals surface area contributed by atoms with E-state index in [1.807, 2.05) is 18.2 Å². The fraction of sp³-hybridized carbons (Fsp3) is 0.500. The fourth-order valence-electron chi connectivity index (χ4n) is 2.46. The van der Waals surface area contributed by atoms with E-state index < -0.39 is 0 Å². The molecule has 4 nitrogen and oxygen atoms in total. The van der Waals surface area contributed by atoms with E-state index in [4.69, 9.17) is 10.6 Å².